The van der Waals surface area contributed by atoms with Gasteiger partial charge in [0.15, 0.2) is 0 Å². The largest absolute Gasteiger partial charge is 0.323 e. The summed E-state index contributed by atoms with van der Waals surface area (Å²) in [5, 5.41) is 7.05. The molecule has 3 rings (SSSR count). The third kappa shape index (κ3) is 3.46. The fourth-order valence-electron chi connectivity index (χ4n) is 2.39. The van der Waals surface area contributed by atoms with E-state index in [9.17, 15) is 9.59 Å². The van der Waals surface area contributed by atoms with Gasteiger partial charge in [0.1, 0.15) is 0 Å². The van der Waals surface area contributed by atoms with E-state index < -0.39 is 0 Å². The van der Waals surface area contributed by atoms with Gasteiger partial charge in [-0.15, -0.1) is 0 Å². The number of rotatable bonds is 5. The summed E-state index contributed by atoms with van der Waals surface area (Å²) < 4.78 is 3.35. The van der Waals surface area contributed by atoms with Gasteiger partial charge < -0.3 is 9.88 Å². The zero-order valence-electron chi connectivity index (χ0n) is 13.5. The highest BCUT2D eigenvalue weighted by Crippen LogP contribution is 2.13. The molecular formula is C17H18N4O2S. The van der Waals surface area contributed by atoms with Crippen LogP contribution in [0.1, 0.15) is 17.0 Å². The standard InChI is InChI=1S/C17H18N4O2S/c1-12-13(2)24-17(23)20(12)9-8-16(22)19-14-10-18-21(11-14)15-6-4-3-5-7-15/h3-7,10-11H,8-9H2,1-2H3,(H,19,22). The predicted molar refractivity (Wildman–Crippen MR) is 94.9 cm³/mol. The molecule has 0 spiro atoms. The number of aromatic nitrogens is 3. The Balaban J connectivity index is 1.61. The molecule has 0 saturated carbocycles. The van der Waals surface area contributed by atoms with E-state index in [1.807, 2.05) is 44.2 Å². The monoisotopic (exact) mass is 342 g/mol. The molecule has 2 heterocycles. The van der Waals surface area contributed by atoms with Crippen LogP contribution in [-0.4, -0.2) is 20.3 Å². The highest BCUT2D eigenvalue weighted by Gasteiger charge is 2.10. The summed E-state index contributed by atoms with van der Waals surface area (Å²) in [5.74, 6) is -0.141. The number of carbonyl (C=O) groups is 1. The number of amides is 1. The number of thiazole rings is 1. The molecule has 0 fully saturated rings. The first-order valence-corrected chi connectivity index (χ1v) is 8.43. The van der Waals surface area contributed by atoms with Crippen molar-refractivity contribution in [1.82, 2.24) is 14.3 Å². The minimum atomic E-state index is -0.141. The number of benzene rings is 1. The van der Waals surface area contributed by atoms with E-state index in [-0.39, 0.29) is 17.2 Å². The summed E-state index contributed by atoms with van der Waals surface area (Å²) in [7, 11) is 0. The van der Waals surface area contributed by atoms with Gasteiger partial charge in [-0.3, -0.25) is 9.59 Å². The molecule has 1 N–H and O–H groups in total. The number of hydrogen-bond acceptors (Lipinski definition) is 4. The maximum absolute atomic E-state index is 12.1. The Morgan fingerprint density at radius 1 is 1.25 bits per heavy atom. The molecular weight excluding hydrogens is 324 g/mol. The van der Waals surface area contributed by atoms with Crippen LogP contribution in [0.4, 0.5) is 5.69 Å². The minimum absolute atomic E-state index is 0.0188. The highest BCUT2D eigenvalue weighted by molar-refractivity contribution is 7.09. The number of nitrogens with one attached hydrogen (secondary N) is 1. The van der Waals surface area contributed by atoms with Crippen molar-refractivity contribution in [2.24, 2.45) is 0 Å². The van der Waals surface area contributed by atoms with E-state index in [2.05, 4.69) is 10.4 Å². The first-order chi connectivity index (χ1) is 11.5. The van der Waals surface area contributed by atoms with Crippen molar-refractivity contribution in [2.45, 2.75) is 26.8 Å². The van der Waals surface area contributed by atoms with E-state index >= 15 is 0 Å². The molecule has 2 aromatic heterocycles. The normalized spacial score (nSPS) is 10.8. The molecule has 0 atom stereocenters. The van der Waals surface area contributed by atoms with Gasteiger partial charge >= 0.3 is 4.87 Å². The molecule has 0 saturated heterocycles. The van der Waals surface area contributed by atoms with Crippen molar-refractivity contribution >= 4 is 22.9 Å². The van der Waals surface area contributed by atoms with Gasteiger partial charge in [-0.25, -0.2) is 4.68 Å². The maximum atomic E-state index is 12.1. The van der Waals surface area contributed by atoms with Crippen molar-refractivity contribution in [3.63, 3.8) is 0 Å². The van der Waals surface area contributed by atoms with Gasteiger partial charge in [0.25, 0.3) is 0 Å². The van der Waals surface area contributed by atoms with Gasteiger partial charge in [-0.2, -0.15) is 5.10 Å². The lowest BCUT2D eigenvalue weighted by molar-refractivity contribution is -0.116. The Hall–Kier alpha value is -2.67. The van der Waals surface area contributed by atoms with E-state index in [4.69, 9.17) is 0 Å². The van der Waals surface area contributed by atoms with Crippen LogP contribution in [0.5, 0.6) is 0 Å². The van der Waals surface area contributed by atoms with Crippen LogP contribution in [0, 0.1) is 13.8 Å². The molecule has 0 aliphatic rings. The number of anilines is 1. The van der Waals surface area contributed by atoms with Gasteiger partial charge in [0.05, 0.1) is 23.8 Å². The second kappa shape index (κ2) is 6.84. The van der Waals surface area contributed by atoms with Crippen molar-refractivity contribution in [1.29, 1.82) is 0 Å². The number of hydrogen-bond donors (Lipinski definition) is 1. The second-order valence-corrected chi connectivity index (χ2v) is 6.63. The Morgan fingerprint density at radius 2 is 2.00 bits per heavy atom. The lowest BCUT2D eigenvalue weighted by Crippen LogP contribution is -2.20. The van der Waals surface area contributed by atoms with Gasteiger partial charge in [0.2, 0.25) is 5.91 Å². The Labute approximate surface area is 143 Å². The fraction of sp³-hybridized carbons (Fsp3) is 0.235. The molecule has 1 amide bonds. The van der Waals surface area contributed by atoms with Crippen LogP contribution < -0.4 is 10.2 Å². The van der Waals surface area contributed by atoms with E-state index in [0.717, 1.165) is 16.3 Å². The fourth-order valence-corrected chi connectivity index (χ4v) is 3.25. The summed E-state index contributed by atoms with van der Waals surface area (Å²) in [4.78, 5) is 24.9. The zero-order valence-corrected chi connectivity index (χ0v) is 14.3. The molecule has 124 valence electrons. The van der Waals surface area contributed by atoms with Gasteiger partial charge in [0, 0.05) is 23.5 Å². The number of aryl methyl sites for hydroxylation is 1. The quantitative estimate of drug-likeness (QED) is 0.775. The van der Waals surface area contributed by atoms with Crippen LogP contribution in [0.25, 0.3) is 5.69 Å². The van der Waals surface area contributed by atoms with Gasteiger partial charge in [-0.1, -0.05) is 29.5 Å². The molecule has 0 bridgehead atoms. The number of carbonyl (C=O) groups excluding carboxylic acids is 1. The molecule has 6 nitrogen and oxygen atoms in total. The molecule has 0 unspecified atom stereocenters. The molecule has 24 heavy (non-hydrogen) atoms. The van der Waals surface area contributed by atoms with Crippen molar-refractivity contribution in [3.8, 4) is 5.69 Å². The van der Waals surface area contributed by atoms with Crippen molar-refractivity contribution in [3.05, 3.63) is 63.0 Å². The van der Waals surface area contributed by atoms with Gasteiger partial charge in [-0.05, 0) is 26.0 Å². The second-order valence-electron chi connectivity index (χ2n) is 5.47. The van der Waals surface area contributed by atoms with Crippen LogP contribution in [0.15, 0.2) is 47.5 Å². The number of para-hydroxylation sites is 1. The van der Waals surface area contributed by atoms with E-state index in [0.29, 0.717) is 12.2 Å². The Bertz CT molecular complexity index is 908. The first-order valence-electron chi connectivity index (χ1n) is 7.61. The molecule has 1 aromatic carbocycles. The summed E-state index contributed by atoms with van der Waals surface area (Å²) in [6, 6.07) is 9.67. The average molecular weight is 342 g/mol. The molecule has 0 radical (unpaired) electrons. The van der Waals surface area contributed by atoms with Crippen LogP contribution in [0.3, 0.4) is 0 Å². The van der Waals surface area contributed by atoms with Crippen LogP contribution >= 0.6 is 11.3 Å². The lowest BCUT2D eigenvalue weighted by Gasteiger charge is -2.05. The summed E-state index contributed by atoms with van der Waals surface area (Å²) in [6.07, 6.45) is 3.61. The minimum Gasteiger partial charge on any atom is -0.323 e. The topological polar surface area (TPSA) is 68.9 Å². The third-order valence-corrected chi connectivity index (χ3v) is 4.82. The summed E-state index contributed by atoms with van der Waals surface area (Å²) in [5.41, 5.74) is 2.48. The van der Waals surface area contributed by atoms with Crippen molar-refractivity contribution in [2.75, 3.05) is 5.32 Å². The Kier molecular flexibility index (Phi) is 4.61. The van der Waals surface area contributed by atoms with Crippen LogP contribution in [0.2, 0.25) is 0 Å². The third-order valence-electron chi connectivity index (χ3n) is 3.82. The van der Waals surface area contributed by atoms with Crippen molar-refractivity contribution < 1.29 is 4.79 Å². The van der Waals surface area contributed by atoms with E-state index in [1.54, 1.807) is 21.6 Å². The molecule has 7 heteroatoms. The SMILES string of the molecule is Cc1sc(=O)n(CCC(=O)Nc2cnn(-c3ccccc3)c2)c1C. The first kappa shape index (κ1) is 16.2. The highest BCUT2D eigenvalue weighted by atomic mass is 32.1. The zero-order chi connectivity index (χ0) is 17.1. The van der Waals surface area contributed by atoms with E-state index in [1.165, 1.54) is 11.3 Å². The smallest absolute Gasteiger partial charge is 0.307 e. The summed E-state index contributed by atoms with van der Waals surface area (Å²) in [6.45, 7) is 4.19. The number of nitrogens with zero attached hydrogens (tertiary/aromatic N) is 3. The molecule has 0 aliphatic heterocycles. The Morgan fingerprint density at radius 3 is 2.67 bits per heavy atom. The molecule has 3 aromatic rings. The maximum Gasteiger partial charge on any atom is 0.307 e. The molecule has 0 aliphatic carbocycles. The van der Waals surface area contributed by atoms with Crippen LogP contribution in [-0.2, 0) is 11.3 Å². The predicted octanol–water partition coefficient (Wildman–Crippen LogP) is 2.74. The average Bonchev–Trinajstić information content (AvgIpc) is 3.12. The lowest BCUT2D eigenvalue weighted by atomic mass is 10.3. The summed E-state index contributed by atoms with van der Waals surface area (Å²) >= 11 is 1.21.